The number of carbonyl (C=O) groups excluding carboxylic acids is 1. The minimum atomic E-state index is -0.800. The van der Waals surface area contributed by atoms with Gasteiger partial charge in [0.15, 0.2) is 0 Å². The van der Waals surface area contributed by atoms with Crippen LogP contribution < -0.4 is 26.0 Å². The molecule has 58 heavy (non-hydrogen) atoms. The summed E-state index contributed by atoms with van der Waals surface area (Å²) in [5.41, 5.74) is 4.38. The van der Waals surface area contributed by atoms with Gasteiger partial charge >= 0.3 is 17.9 Å². The Kier molecular flexibility index (Phi) is 15.5. The van der Waals surface area contributed by atoms with E-state index in [4.69, 9.17) is 4.74 Å². The molecule has 13 nitrogen and oxygen atoms in total. The molecule has 6 rings (SSSR count). The van der Waals surface area contributed by atoms with E-state index in [2.05, 4.69) is 21.3 Å². The van der Waals surface area contributed by atoms with Gasteiger partial charge in [-0.15, -0.1) is 0 Å². The number of carboxylic acids is 3. The molecule has 3 saturated heterocycles. The number of carboxylic acid groups (broad SMARTS) is 3. The molecule has 3 aliphatic heterocycles. The predicted octanol–water partition coefficient (Wildman–Crippen LogP) is 3.81. The molecule has 6 atom stereocenters. The monoisotopic (exact) mass is 797 g/mol. The number of hydrogen-bond acceptors (Lipinski definition) is 9. The molecule has 0 aliphatic carbocycles. The second kappa shape index (κ2) is 21.1. The van der Waals surface area contributed by atoms with E-state index >= 15 is 0 Å². The number of nitrogens with zero attached hydrogens (tertiary/aromatic N) is 1. The van der Waals surface area contributed by atoms with Crippen LogP contribution in [0.5, 0.6) is 5.75 Å². The molecule has 3 aromatic rings. The number of anilines is 1. The first-order chi connectivity index (χ1) is 28.1. The first-order valence-corrected chi connectivity index (χ1v) is 20.8. The van der Waals surface area contributed by atoms with Gasteiger partial charge in [-0.25, -0.2) is 0 Å². The zero-order chi connectivity index (χ0) is 40.9. The smallest absolute Gasteiger partial charge is 0.307 e. The molecule has 13 heteroatoms. The summed E-state index contributed by atoms with van der Waals surface area (Å²) in [6.45, 7) is 5.94. The Hall–Kier alpha value is -4.98. The maximum absolute atomic E-state index is 14.0. The third-order valence-electron chi connectivity index (χ3n) is 12.2. The number of aliphatic carboxylic acids is 3. The van der Waals surface area contributed by atoms with Crippen LogP contribution in [0, 0.1) is 35.5 Å². The zero-order valence-corrected chi connectivity index (χ0v) is 33.2. The Labute approximate surface area is 340 Å². The number of rotatable bonds is 22. The maximum atomic E-state index is 14.0. The Bertz CT molecular complexity index is 1750. The van der Waals surface area contributed by atoms with Crippen LogP contribution in [-0.4, -0.2) is 110 Å². The van der Waals surface area contributed by atoms with Gasteiger partial charge in [0.1, 0.15) is 12.4 Å². The summed E-state index contributed by atoms with van der Waals surface area (Å²) >= 11 is 0. The average Bonchev–Trinajstić information content (AvgIpc) is 4.03. The number of amides is 1. The van der Waals surface area contributed by atoms with Gasteiger partial charge in [-0.2, -0.15) is 0 Å². The van der Waals surface area contributed by atoms with Gasteiger partial charge in [-0.3, -0.25) is 19.2 Å². The normalized spacial score (nSPS) is 20.6. The molecule has 0 saturated carbocycles. The lowest BCUT2D eigenvalue weighted by Crippen LogP contribution is -2.39. The highest BCUT2D eigenvalue weighted by atomic mass is 16.5. The van der Waals surface area contributed by atoms with E-state index in [0.717, 1.165) is 66.8 Å². The second-order valence-corrected chi connectivity index (χ2v) is 16.2. The number of benzene rings is 3. The lowest BCUT2D eigenvalue weighted by Gasteiger charge is -2.24. The number of ether oxygens (including phenoxy) is 1. The Morgan fingerprint density at radius 3 is 1.64 bits per heavy atom. The van der Waals surface area contributed by atoms with Gasteiger partial charge in [0.2, 0.25) is 5.91 Å². The highest BCUT2D eigenvalue weighted by Gasteiger charge is 2.33. The molecular formula is C45H59N5O8. The Morgan fingerprint density at radius 2 is 1.12 bits per heavy atom. The number of nitrogens with one attached hydrogen (secondary N) is 4. The van der Waals surface area contributed by atoms with Crippen molar-refractivity contribution >= 4 is 29.5 Å². The van der Waals surface area contributed by atoms with Gasteiger partial charge in [-0.1, -0.05) is 48.5 Å². The summed E-state index contributed by atoms with van der Waals surface area (Å²) in [7, 11) is 0. The third-order valence-corrected chi connectivity index (χ3v) is 12.2. The van der Waals surface area contributed by atoms with E-state index in [1.54, 1.807) is 4.90 Å². The SMILES string of the molecule is O=C(O)C(Cc1cccc(CC(=O)N(CCNc2cccc(CC(C(=O)O)C3CCNC3)c2)CCOc2cccc(CC(C(=O)O)C3CCNC3)c2)c1)C1CCNC1. The van der Waals surface area contributed by atoms with Crippen molar-refractivity contribution in [3.05, 3.63) is 95.1 Å². The lowest BCUT2D eigenvalue weighted by molar-refractivity contribution is -0.144. The molecular weight excluding hydrogens is 739 g/mol. The zero-order valence-electron chi connectivity index (χ0n) is 33.2. The molecule has 0 bridgehead atoms. The fourth-order valence-electron chi connectivity index (χ4n) is 8.88. The van der Waals surface area contributed by atoms with E-state index < -0.39 is 35.7 Å². The quantitative estimate of drug-likeness (QED) is 0.0781. The molecule has 3 fully saturated rings. The molecule has 0 spiro atoms. The highest BCUT2D eigenvalue weighted by molar-refractivity contribution is 5.79. The minimum absolute atomic E-state index is 0.0681. The molecule has 3 aliphatic rings. The van der Waals surface area contributed by atoms with E-state index in [9.17, 15) is 34.5 Å². The fourth-order valence-corrected chi connectivity index (χ4v) is 8.88. The highest BCUT2D eigenvalue weighted by Crippen LogP contribution is 2.27. The average molecular weight is 798 g/mol. The van der Waals surface area contributed by atoms with Crippen LogP contribution in [0.1, 0.15) is 41.5 Å². The molecule has 0 aromatic heterocycles. The summed E-state index contributed by atoms with van der Waals surface area (Å²) in [6, 6.07) is 23.0. The van der Waals surface area contributed by atoms with E-state index in [-0.39, 0.29) is 36.7 Å². The van der Waals surface area contributed by atoms with E-state index in [1.165, 1.54) is 0 Å². The largest absolute Gasteiger partial charge is 0.492 e. The minimum Gasteiger partial charge on any atom is -0.492 e. The standard InChI is InChI=1S/C45H59N5O8/c51-42(26-31-5-1-4-30(20-31)23-39(43(52)53)34-10-13-46-27-34)50(17-16-49-37-8-2-6-32(21-37)24-40(44(54)55)35-11-14-47-28-35)18-19-58-38-9-3-7-33(22-38)25-41(45(56)57)36-12-15-48-29-36/h1-9,20-22,34-36,39-41,46-49H,10-19,23-29H2,(H,52,53)(H,54,55)(H,56,57). The molecule has 7 N–H and O–H groups in total. The molecule has 3 aromatic carbocycles. The fraction of sp³-hybridized carbons (Fsp3) is 0.511. The van der Waals surface area contributed by atoms with Gasteiger partial charge in [0, 0.05) is 18.8 Å². The van der Waals surface area contributed by atoms with E-state index in [0.29, 0.717) is 64.3 Å². The molecule has 0 radical (unpaired) electrons. The first-order valence-electron chi connectivity index (χ1n) is 20.8. The van der Waals surface area contributed by atoms with Crippen LogP contribution in [-0.2, 0) is 44.9 Å². The van der Waals surface area contributed by atoms with Crippen molar-refractivity contribution in [2.75, 3.05) is 70.8 Å². The summed E-state index contributed by atoms with van der Waals surface area (Å²) in [6.07, 6.45) is 3.92. The first kappa shape index (κ1) is 42.6. The number of carbonyl (C=O) groups is 4. The van der Waals surface area contributed by atoms with Crippen molar-refractivity contribution < 1.29 is 39.2 Å². The van der Waals surface area contributed by atoms with Crippen molar-refractivity contribution in [2.24, 2.45) is 35.5 Å². The van der Waals surface area contributed by atoms with Gasteiger partial charge in [0.25, 0.3) is 0 Å². The summed E-state index contributed by atoms with van der Waals surface area (Å²) < 4.78 is 6.17. The van der Waals surface area contributed by atoms with Crippen LogP contribution in [0.15, 0.2) is 72.8 Å². The third kappa shape index (κ3) is 12.3. The summed E-state index contributed by atoms with van der Waals surface area (Å²) in [4.78, 5) is 52.2. The summed E-state index contributed by atoms with van der Waals surface area (Å²) in [5, 5.41) is 43.1. The van der Waals surface area contributed by atoms with Crippen LogP contribution >= 0.6 is 0 Å². The van der Waals surface area contributed by atoms with E-state index in [1.807, 2.05) is 72.8 Å². The van der Waals surface area contributed by atoms with Crippen molar-refractivity contribution in [3.63, 3.8) is 0 Å². The second-order valence-electron chi connectivity index (χ2n) is 16.2. The Morgan fingerprint density at radius 1 is 0.638 bits per heavy atom. The van der Waals surface area contributed by atoms with Gasteiger partial charge < -0.3 is 46.2 Å². The van der Waals surface area contributed by atoms with Crippen LogP contribution in [0.4, 0.5) is 5.69 Å². The Balaban J connectivity index is 1.10. The van der Waals surface area contributed by atoms with Crippen molar-refractivity contribution in [1.82, 2.24) is 20.9 Å². The van der Waals surface area contributed by atoms with Crippen molar-refractivity contribution in [1.29, 1.82) is 0 Å². The van der Waals surface area contributed by atoms with Crippen LogP contribution in [0.25, 0.3) is 0 Å². The van der Waals surface area contributed by atoms with Crippen LogP contribution in [0.3, 0.4) is 0 Å². The molecule has 3 heterocycles. The topological polar surface area (TPSA) is 190 Å². The van der Waals surface area contributed by atoms with Gasteiger partial charge in [0.05, 0.1) is 30.7 Å². The predicted molar refractivity (Wildman–Crippen MR) is 221 cm³/mol. The van der Waals surface area contributed by atoms with Crippen LogP contribution in [0.2, 0.25) is 0 Å². The number of hydrogen-bond donors (Lipinski definition) is 7. The van der Waals surface area contributed by atoms with Crippen molar-refractivity contribution in [2.45, 2.75) is 44.9 Å². The maximum Gasteiger partial charge on any atom is 0.307 e. The molecule has 312 valence electrons. The summed E-state index contributed by atoms with van der Waals surface area (Å²) in [5.74, 6) is -3.05. The van der Waals surface area contributed by atoms with Crippen molar-refractivity contribution in [3.8, 4) is 5.75 Å². The van der Waals surface area contributed by atoms with Gasteiger partial charge in [-0.05, 0) is 142 Å². The molecule has 6 unspecified atom stereocenters. The lowest BCUT2D eigenvalue weighted by atomic mass is 9.86. The molecule has 1 amide bonds.